The minimum Gasteiger partial charge on any atom is -0.497 e. The van der Waals surface area contributed by atoms with Gasteiger partial charge in [0.15, 0.2) is 5.78 Å². The van der Waals surface area contributed by atoms with E-state index in [0.717, 1.165) is 22.4 Å². The van der Waals surface area contributed by atoms with Gasteiger partial charge in [0, 0.05) is 0 Å². The van der Waals surface area contributed by atoms with Crippen molar-refractivity contribution in [3.63, 3.8) is 0 Å². The molecule has 2 rings (SSSR count). The number of carbonyl (C=O) groups excluding carboxylic acids is 1. The summed E-state index contributed by atoms with van der Waals surface area (Å²) in [6, 6.07) is 17.6. The van der Waals surface area contributed by atoms with Crippen LogP contribution < -0.4 is 4.74 Å². The van der Waals surface area contributed by atoms with Gasteiger partial charge in [-0.3, -0.25) is 4.79 Å². The summed E-state index contributed by atoms with van der Waals surface area (Å²) in [5.74, 6) is 0.810. The van der Waals surface area contributed by atoms with Crippen molar-refractivity contribution in [3.8, 4) is 5.75 Å². The van der Waals surface area contributed by atoms with Crippen LogP contribution in [0.4, 0.5) is 0 Å². The zero-order valence-corrected chi connectivity index (χ0v) is 11.1. The molecule has 0 heterocycles. The Morgan fingerprint density at radius 2 is 1.68 bits per heavy atom. The zero-order valence-electron chi connectivity index (χ0n) is 11.1. The molecule has 0 unspecified atom stereocenters. The van der Waals surface area contributed by atoms with Gasteiger partial charge >= 0.3 is 0 Å². The molecule has 0 aliphatic heterocycles. The largest absolute Gasteiger partial charge is 0.497 e. The van der Waals surface area contributed by atoms with Gasteiger partial charge in [0.05, 0.1) is 7.11 Å². The molecule has 0 amide bonds. The Bertz CT molecular complexity index is 598. The molecule has 2 nitrogen and oxygen atoms in total. The van der Waals surface area contributed by atoms with Crippen LogP contribution in [0.25, 0.3) is 5.57 Å². The number of hydrogen-bond acceptors (Lipinski definition) is 2. The van der Waals surface area contributed by atoms with Crippen LogP contribution in [0.2, 0.25) is 0 Å². The van der Waals surface area contributed by atoms with Crippen molar-refractivity contribution in [2.75, 3.05) is 7.11 Å². The maximum Gasteiger partial charge on any atom is 0.153 e. The van der Waals surface area contributed by atoms with Crippen molar-refractivity contribution < 1.29 is 9.53 Å². The van der Waals surface area contributed by atoms with E-state index in [9.17, 15) is 4.79 Å². The van der Waals surface area contributed by atoms with E-state index in [1.165, 1.54) is 0 Å². The van der Waals surface area contributed by atoms with Gasteiger partial charge in [-0.15, -0.1) is 0 Å². The van der Waals surface area contributed by atoms with Crippen molar-refractivity contribution in [3.05, 3.63) is 71.8 Å². The van der Waals surface area contributed by atoms with Crippen LogP contribution >= 0.6 is 0 Å². The molecule has 0 N–H and O–H groups in total. The predicted octanol–water partition coefficient (Wildman–Crippen LogP) is 3.72. The minimum atomic E-state index is 0.0293. The lowest BCUT2D eigenvalue weighted by atomic mass is 9.96. The summed E-state index contributed by atoms with van der Waals surface area (Å²) < 4.78 is 5.23. The lowest BCUT2D eigenvalue weighted by Gasteiger charge is -2.09. The number of rotatable bonds is 4. The molecule has 0 aliphatic carbocycles. The molecule has 19 heavy (non-hydrogen) atoms. The fourth-order valence-electron chi connectivity index (χ4n) is 1.94. The molecule has 0 atom stereocenters. The van der Waals surface area contributed by atoms with Gasteiger partial charge in [-0.05, 0) is 41.8 Å². The van der Waals surface area contributed by atoms with E-state index in [1.807, 2.05) is 54.6 Å². The van der Waals surface area contributed by atoms with E-state index in [2.05, 4.69) is 0 Å². The van der Waals surface area contributed by atoms with E-state index < -0.39 is 0 Å². The van der Waals surface area contributed by atoms with Crippen LogP contribution in [0.5, 0.6) is 5.75 Å². The molecule has 0 saturated heterocycles. The smallest absolute Gasteiger partial charge is 0.153 e. The third kappa shape index (κ3) is 3.32. The van der Waals surface area contributed by atoms with Gasteiger partial charge < -0.3 is 4.74 Å². The van der Waals surface area contributed by atoms with Crippen molar-refractivity contribution in [1.82, 2.24) is 0 Å². The van der Waals surface area contributed by atoms with E-state index in [4.69, 9.17) is 4.74 Å². The number of carbonyl (C=O) groups is 1. The second kappa shape index (κ2) is 6.01. The summed E-state index contributed by atoms with van der Waals surface area (Å²) in [5, 5.41) is 0. The minimum absolute atomic E-state index is 0.0293. The topological polar surface area (TPSA) is 26.3 Å². The van der Waals surface area contributed by atoms with Crippen molar-refractivity contribution in [2.24, 2.45) is 0 Å². The molecule has 2 aromatic rings. The normalized spacial score (nSPS) is 11.2. The molecule has 96 valence electrons. The predicted molar refractivity (Wildman–Crippen MR) is 77.2 cm³/mol. The van der Waals surface area contributed by atoms with Gasteiger partial charge in [-0.1, -0.05) is 42.5 Å². The van der Waals surface area contributed by atoms with Crippen LogP contribution in [0.3, 0.4) is 0 Å². The number of ketones is 1. The Hall–Kier alpha value is -2.35. The average molecular weight is 252 g/mol. The van der Waals surface area contributed by atoms with Crippen molar-refractivity contribution in [2.45, 2.75) is 6.92 Å². The highest BCUT2D eigenvalue weighted by molar-refractivity contribution is 5.99. The molecule has 0 saturated carbocycles. The highest BCUT2D eigenvalue weighted by Crippen LogP contribution is 2.26. The molecule has 2 aromatic carbocycles. The third-order valence-electron chi connectivity index (χ3n) is 2.81. The maximum atomic E-state index is 11.4. The molecule has 0 aromatic heterocycles. The van der Waals surface area contributed by atoms with Crippen molar-refractivity contribution in [1.29, 1.82) is 0 Å². The molecule has 0 radical (unpaired) electrons. The lowest BCUT2D eigenvalue weighted by molar-refractivity contribution is -0.112. The monoisotopic (exact) mass is 252 g/mol. The van der Waals surface area contributed by atoms with Gasteiger partial charge in [0.2, 0.25) is 0 Å². The highest BCUT2D eigenvalue weighted by Gasteiger charge is 2.06. The number of methoxy groups -OCH3 is 1. The van der Waals surface area contributed by atoms with Crippen LogP contribution in [0.15, 0.2) is 60.7 Å². The first-order valence-electron chi connectivity index (χ1n) is 6.13. The summed E-state index contributed by atoms with van der Waals surface area (Å²) in [7, 11) is 1.63. The third-order valence-corrected chi connectivity index (χ3v) is 2.81. The first kappa shape index (κ1) is 13.1. The second-order valence-electron chi connectivity index (χ2n) is 4.27. The molecular weight excluding hydrogens is 236 g/mol. The Morgan fingerprint density at radius 1 is 1.00 bits per heavy atom. The molecule has 0 aliphatic rings. The molecule has 2 heteroatoms. The molecular formula is C17H16O2. The summed E-state index contributed by atoms with van der Waals surface area (Å²) in [6.07, 6.45) is 1.66. The summed E-state index contributed by atoms with van der Waals surface area (Å²) in [4.78, 5) is 11.4. The number of allylic oxidation sites excluding steroid dienone is 1. The maximum absolute atomic E-state index is 11.4. The highest BCUT2D eigenvalue weighted by atomic mass is 16.5. The fraction of sp³-hybridized carbons (Fsp3) is 0.118. The van der Waals surface area contributed by atoms with Crippen LogP contribution in [0, 0.1) is 0 Å². The Kier molecular flexibility index (Phi) is 4.14. The van der Waals surface area contributed by atoms with Gasteiger partial charge in [-0.25, -0.2) is 0 Å². The van der Waals surface area contributed by atoms with E-state index in [-0.39, 0.29) is 5.78 Å². The van der Waals surface area contributed by atoms with E-state index in [0.29, 0.717) is 0 Å². The van der Waals surface area contributed by atoms with Crippen LogP contribution in [-0.2, 0) is 4.79 Å². The SMILES string of the molecule is COc1cccc(/C(=C/C(C)=O)c2ccccc2)c1. The lowest BCUT2D eigenvalue weighted by Crippen LogP contribution is -1.93. The quantitative estimate of drug-likeness (QED) is 0.775. The van der Waals surface area contributed by atoms with Crippen LogP contribution in [0.1, 0.15) is 18.1 Å². The molecule has 0 fully saturated rings. The number of benzene rings is 2. The Labute approximate surface area is 113 Å². The Morgan fingerprint density at radius 3 is 2.32 bits per heavy atom. The average Bonchev–Trinajstić information content (AvgIpc) is 2.45. The van der Waals surface area contributed by atoms with Gasteiger partial charge in [-0.2, -0.15) is 0 Å². The van der Waals surface area contributed by atoms with Gasteiger partial charge in [0.1, 0.15) is 5.75 Å². The summed E-state index contributed by atoms with van der Waals surface area (Å²) in [5.41, 5.74) is 2.90. The first-order chi connectivity index (χ1) is 9.20. The molecule has 0 spiro atoms. The fourth-order valence-corrected chi connectivity index (χ4v) is 1.94. The van der Waals surface area contributed by atoms with Crippen LogP contribution in [-0.4, -0.2) is 12.9 Å². The zero-order chi connectivity index (χ0) is 13.7. The summed E-state index contributed by atoms with van der Waals surface area (Å²) >= 11 is 0. The van der Waals surface area contributed by atoms with E-state index in [1.54, 1.807) is 20.1 Å². The summed E-state index contributed by atoms with van der Waals surface area (Å²) in [6.45, 7) is 1.56. The standard InChI is InChI=1S/C17H16O2/c1-13(18)11-17(14-7-4-3-5-8-14)15-9-6-10-16(12-15)19-2/h3-12H,1-2H3/b17-11+. The molecule has 0 bridgehead atoms. The second-order valence-corrected chi connectivity index (χ2v) is 4.27. The van der Waals surface area contributed by atoms with Gasteiger partial charge in [0.25, 0.3) is 0 Å². The first-order valence-corrected chi connectivity index (χ1v) is 6.13. The number of hydrogen-bond donors (Lipinski definition) is 0. The van der Waals surface area contributed by atoms with Crippen molar-refractivity contribution >= 4 is 11.4 Å². The number of ether oxygens (including phenoxy) is 1. The Balaban J connectivity index is 2.53. The van der Waals surface area contributed by atoms with E-state index >= 15 is 0 Å².